The third-order valence-electron chi connectivity index (χ3n) is 4.85. The number of fused-ring (bicyclic) bond motifs is 1. The first-order chi connectivity index (χ1) is 16.3. The van der Waals surface area contributed by atoms with Crippen molar-refractivity contribution in [3.8, 4) is 11.5 Å². The van der Waals surface area contributed by atoms with E-state index in [0.717, 1.165) is 23.6 Å². The van der Waals surface area contributed by atoms with E-state index in [1.807, 2.05) is 12.1 Å². The smallest absolute Gasteiger partial charge is 0.377 e. The first-order valence-electron chi connectivity index (χ1n) is 9.89. The number of ketones is 1. The Morgan fingerprint density at radius 3 is 2.44 bits per heavy atom. The number of nitro groups is 1. The molecule has 4 aromatic rings. The maximum absolute atomic E-state index is 13.1. The van der Waals surface area contributed by atoms with Crippen molar-refractivity contribution in [1.82, 2.24) is 4.98 Å². The number of hydrogen-bond donors (Lipinski definition) is 1. The number of rotatable bonds is 7. The Hall–Kier alpha value is -4.92. The highest BCUT2D eigenvalue weighted by Gasteiger charge is 2.22. The zero-order valence-corrected chi connectivity index (χ0v) is 17.3. The van der Waals surface area contributed by atoms with Crippen molar-refractivity contribution >= 4 is 40.0 Å². The summed E-state index contributed by atoms with van der Waals surface area (Å²) in [5.41, 5.74) is 0.197. The van der Waals surface area contributed by atoms with Gasteiger partial charge in [-0.15, -0.1) is 0 Å². The van der Waals surface area contributed by atoms with Crippen molar-refractivity contribution in [1.29, 1.82) is 0 Å². The zero-order chi connectivity index (χ0) is 24.2. The molecule has 0 radical (unpaired) electrons. The molecule has 9 heteroatoms. The number of nitrogens with zero attached hydrogens (tertiary/aromatic N) is 2. The highest BCUT2D eigenvalue weighted by Crippen LogP contribution is 2.33. The predicted molar refractivity (Wildman–Crippen MR) is 122 cm³/mol. The van der Waals surface area contributed by atoms with Crippen LogP contribution >= 0.6 is 0 Å². The Morgan fingerprint density at radius 1 is 1.00 bits per heavy atom. The summed E-state index contributed by atoms with van der Waals surface area (Å²) in [4.78, 5) is 39.2. The predicted octanol–water partition coefficient (Wildman–Crippen LogP) is 5.27. The summed E-state index contributed by atoms with van der Waals surface area (Å²) in [5.74, 6) is -3.30. The average Bonchev–Trinajstić information content (AvgIpc) is 2.83. The molecule has 8 nitrogen and oxygen atoms in total. The van der Waals surface area contributed by atoms with Gasteiger partial charge in [0, 0.05) is 11.5 Å². The van der Waals surface area contributed by atoms with Gasteiger partial charge in [0.1, 0.15) is 11.6 Å². The van der Waals surface area contributed by atoms with Gasteiger partial charge < -0.3 is 9.84 Å². The number of pyridine rings is 1. The van der Waals surface area contributed by atoms with E-state index >= 15 is 0 Å². The van der Waals surface area contributed by atoms with Gasteiger partial charge in [0.25, 0.3) is 5.78 Å². The maximum Gasteiger partial charge on any atom is 0.377 e. The molecular weight excluding hydrogens is 443 g/mol. The molecule has 0 fully saturated rings. The van der Waals surface area contributed by atoms with Crippen LogP contribution in [0.3, 0.4) is 0 Å². The molecule has 0 unspecified atom stereocenters. The van der Waals surface area contributed by atoms with Crippen molar-refractivity contribution in [2.45, 2.75) is 0 Å². The summed E-state index contributed by atoms with van der Waals surface area (Å²) in [6.45, 7) is 0. The summed E-state index contributed by atoms with van der Waals surface area (Å²) in [7, 11) is 0. The Morgan fingerprint density at radius 2 is 1.74 bits per heavy atom. The fourth-order valence-electron chi connectivity index (χ4n) is 3.24. The van der Waals surface area contributed by atoms with Crippen LogP contribution in [0.2, 0.25) is 0 Å². The van der Waals surface area contributed by atoms with Crippen LogP contribution in [0.25, 0.3) is 22.6 Å². The number of nitro benzene ring substituents is 1. The van der Waals surface area contributed by atoms with Crippen molar-refractivity contribution in [3.05, 3.63) is 106 Å². The molecule has 0 saturated heterocycles. The first-order valence-corrected chi connectivity index (χ1v) is 9.89. The Bertz CT molecular complexity index is 1460. The topological polar surface area (TPSA) is 120 Å². The molecule has 0 bridgehead atoms. The fraction of sp³-hybridized carbons (Fsp3) is 0. The lowest BCUT2D eigenvalue weighted by Crippen LogP contribution is -2.15. The number of carboxylic acids is 1. The van der Waals surface area contributed by atoms with E-state index in [0.29, 0.717) is 5.52 Å². The molecule has 0 amide bonds. The van der Waals surface area contributed by atoms with E-state index in [2.05, 4.69) is 4.98 Å². The molecule has 168 valence electrons. The van der Waals surface area contributed by atoms with E-state index in [9.17, 15) is 29.2 Å². The minimum Gasteiger partial charge on any atom is -0.475 e. The number of carbonyl (C=O) groups excluding carboxylic acids is 1. The minimum absolute atomic E-state index is 0.108. The second-order valence-electron chi connectivity index (χ2n) is 7.12. The van der Waals surface area contributed by atoms with Crippen LogP contribution in [-0.2, 0) is 9.59 Å². The molecule has 1 aromatic heterocycles. The normalized spacial score (nSPS) is 11.3. The number of halogens is 1. The van der Waals surface area contributed by atoms with Crippen LogP contribution in [-0.4, -0.2) is 26.8 Å². The fourth-order valence-corrected chi connectivity index (χ4v) is 3.24. The van der Waals surface area contributed by atoms with Crippen LogP contribution in [0.15, 0.2) is 78.9 Å². The van der Waals surface area contributed by atoms with Crippen molar-refractivity contribution in [2.75, 3.05) is 0 Å². The van der Waals surface area contributed by atoms with Crippen molar-refractivity contribution in [2.24, 2.45) is 0 Å². The summed E-state index contributed by atoms with van der Waals surface area (Å²) >= 11 is 0. The number of Topliss-reactive ketones (excluding diaryl/α,β-unsaturated/α-hetero) is 1. The Balaban J connectivity index is 1.77. The summed E-state index contributed by atoms with van der Waals surface area (Å²) < 4.78 is 18.6. The van der Waals surface area contributed by atoms with E-state index < -0.39 is 28.2 Å². The van der Waals surface area contributed by atoms with Gasteiger partial charge >= 0.3 is 11.7 Å². The number of para-hydroxylation sites is 1. The Labute approximate surface area is 191 Å². The highest BCUT2D eigenvalue weighted by molar-refractivity contribution is 6.52. The quantitative estimate of drug-likeness (QED) is 0.173. The van der Waals surface area contributed by atoms with E-state index in [1.165, 1.54) is 36.4 Å². The summed E-state index contributed by atoms with van der Waals surface area (Å²) in [6, 6.07) is 19.1. The molecule has 0 aliphatic rings. The molecular formula is C25H15FN2O6. The summed E-state index contributed by atoms with van der Waals surface area (Å²) in [5, 5.41) is 21.7. The second-order valence-corrected chi connectivity index (χ2v) is 7.12. The SMILES string of the molecule is O=C(O)C(=O)C(=Cc1ccc(Oc2ccc(F)cc2)c([N+](=O)[O-])c1)c1ccc2ccccc2n1. The van der Waals surface area contributed by atoms with E-state index in [4.69, 9.17) is 4.74 Å². The van der Waals surface area contributed by atoms with E-state index in [-0.39, 0.29) is 28.3 Å². The first kappa shape index (κ1) is 22.3. The van der Waals surface area contributed by atoms with Gasteiger partial charge in [-0.2, -0.15) is 0 Å². The molecule has 3 aromatic carbocycles. The van der Waals surface area contributed by atoms with Crippen LogP contribution in [0.1, 0.15) is 11.3 Å². The monoisotopic (exact) mass is 458 g/mol. The Kier molecular flexibility index (Phi) is 6.09. The molecule has 0 aliphatic heterocycles. The molecule has 4 rings (SSSR count). The van der Waals surface area contributed by atoms with Crippen LogP contribution in [0.4, 0.5) is 10.1 Å². The molecule has 0 aliphatic carbocycles. The lowest BCUT2D eigenvalue weighted by atomic mass is 10.0. The minimum atomic E-state index is -1.69. The van der Waals surface area contributed by atoms with Gasteiger partial charge in [-0.3, -0.25) is 14.9 Å². The van der Waals surface area contributed by atoms with Crippen LogP contribution in [0, 0.1) is 15.9 Å². The lowest BCUT2D eigenvalue weighted by Gasteiger charge is -2.08. The van der Waals surface area contributed by atoms with Crippen molar-refractivity contribution < 1.29 is 28.7 Å². The molecule has 0 atom stereocenters. The number of ether oxygens (including phenoxy) is 1. The average molecular weight is 458 g/mol. The number of hydrogen-bond acceptors (Lipinski definition) is 6. The van der Waals surface area contributed by atoms with Gasteiger partial charge in [0.05, 0.1) is 21.7 Å². The van der Waals surface area contributed by atoms with Gasteiger partial charge in [-0.05, 0) is 54.1 Å². The molecule has 0 spiro atoms. The number of carboxylic acid groups (broad SMARTS) is 1. The molecule has 1 N–H and O–H groups in total. The van der Waals surface area contributed by atoms with Gasteiger partial charge in [0.2, 0.25) is 5.75 Å². The third kappa shape index (κ3) is 4.78. The second kappa shape index (κ2) is 9.29. The largest absolute Gasteiger partial charge is 0.475 e. The highest BCUT2D eigenvalue weighted by atomic mass is 19.1. The van der Waals surface area contributed by atoms with Gasteiger partial charge in [-0.1, -0.05) is 30.3 Å². The number of aromatic nitrogens is 1. The third-order valence-corrected chi connectivity index (χ3v) is 4.85. The lowest BCUT2D eigenvalue weighted by molar-refractivity contribution is -0.385. The zero-order valence-electron chi connectivity index (χ0n) is 17.3. The van der Waals surface area contributed by atoms with Gasteiger partial charge in [0.15, 0.2) is 0 Å². The number of carbonyl (C=O) groups is 2. The number of benzene rings is 3. The summed E-state index contributed by atoms with van der Waals surface area (Å²) in [6.07, 6.45) is 1.22. The van der Waals surface area contributed by atoms with Gasteiger partial charge in [-0.25, -0.2) is 14.2 Å². The molecule has 34 heavy (non-hydrogen) atoms. The standard InChI is InChI=1S/C25H15FN2O6/c26-17-7-9-18(10-8-17)34-23-12-5-15(14-22(23)28(32)33)13-19(24(29)25(30)31)21-11-6-16-3-1-2-4-20(16)27-21/h1-14H,(H,30,31). The maximum atomic E-state index is 13.1. The van der Waals surface area contributed by atoms with E-state index in [1.54, 1.807) is 18.2 Å². The number of aliphatic carboxylic acids is 1. The van der Waals surface area contributed by atoms with Crippen molar-refractivity contribution in [3.63, 3.8) is 0 Å². The molecule has 0 saturated carbocycles. The van der Waals surface area contributed by atoms with Crippen LogP contribution < -0.4 is 4.74 Å². The molecule has 1 heterocycles. The van der Waals surface area contributed by atoms with Crippen LogP contribution in [0.5, 0.6) is 11.5 Å².